The monoisotopic (exact) mass is 274 g/mol. The van der Waals surface area contributed by atoms with Crippen LogP contribution in [-0.4, -0.2) is 25.3 Å². The molecule has 8 heteroatoms. The van der Waals surface area contributed by atoms with Gasteiger partial charge < -0.3 is 5.73 Å². The quantitative estimate of drug-likeness (QED) is 0.521. The van der Waals surface area contributed by atoms with Crippen LogP contribution in [0.3, 0.4) is 0 Å². The summed E-state index contributed by atoms with van der Waals surface area (Å²) in [6, 6.07) is 0.395. The maximum absolute atomic E-state index is 12.9. The molecule has 6 nitrogen and oxygen atoms in total. The first-order chi connectivity index (χ1) is 8.35. The highest BCUT2D eigenvalue weighted by atomic mass is 32.2. The molecule has 0 bridgehead atoms. The largest absolute Gasteiger partial charge is 0.388 e. The third-order valence-electron chi connectivity index (χ3n) is 2.27. The van der Waals surface area contributed by atoms with Crippen LogP contribution in [0.5, 0.6) is 0 Å². The van der Waals surface area contributed by atoms with Gasteiger partial charge in [-0.05, 0) is 12.5 Å². The highest BCUT2D eigenvalue weighted by Gasteiger charge is 2.20. The molecule has 0 aliphatic rings. The average molecular weight is 274 g/mol. The molecule has 4 N–H and O–H groups in total. The molecule has 0 fully saturated rings. The van der Waals surface area contributed by atoms with Crippen LogP contribution in [0.25, 0.3) is 0 Å². The van der Waals surface area contributed by atoms with Crippen molar-refractivity contribution < 1.29 is 12.8 Å². The Kier molecular flexibility index (Phi) is 4.74. The molecule has 1 heterocycles. The third-order valence-corrected chi connectivity index (χ3v) is 3.76. The van der Waals surface area contributed by atoms with Gasteiger partial charge >= 0.3 is 0 Å². The van der Waals surface area contributed by atoms with E-state index in [9.17, 15) is 12.8 Å². The Labute approximate surface area is 105 Å². The third kappa shape index (κ3) is 4.04. The number of nitrogens with zero attached hydrogens (tertiary/aromatic N) is 1. The number of pyridine rings is 1. The van der Waals surface area contributed by atoms with Gasteiger partial charge in [-0.1, -0.05) is 6.92 Å². The second kappa shape index (κ2) is 5.87. The van der Waals surface area contributed by atoms with Crippen LogP contribution in [-0.2, 0) is 10.0 Å². The minimum absolute atomic E-state index is 0.109. The zero-order valence-corrected chi connectivity index (χ0v) is 10.7. The number of hydrogen-bond donors (Lipinski definition) is 3. The number of halogens is 1. The van der Waals surface area contributed by atoms with Crippen LogP contribution in [0.15, 0.2) is 23.4 Å². The van der Waals surface area contributed by atoms with Gasteiger partial charge in [-0.2, -0.15) is 0 Å². The summed E-state index contributed by atoms with van der Waals surface area (Å²) < 4.78 is 39.1. The minimum atomic E-state index is -3.84. The Balaban J connectivity index is 2.90. The highest BCUT2D eigenvalue weighted by Crippen LogP contribution is 2.11. The first kappa shape index (κ1) is 14.5. The second-order valence-electron chi connectivity index (χ2n) is 3.79. The van der Waals surface area contributed by atoms with E-state index in [1.165, 1.54) is 0 Å². The van der Waals surface area contributed by atoms with E-state index in [0.717, 1.165) is 18.5 Å². The summed E-state index contributed by atoms with van der Waals surface area (Å²) in [5.41, 5.74) is 5.23. The van der Waals surface area contributed by atoms with Gasteiger partial charge in [0.25, 0.3) is 0 Å². The van der Waals surface area contributed by atoms with Crippen molar-refractivity contribution in [2.24, 2.45) is 5.73 Å². The standard InChI is InChI=1S/C10H15FN4O2S/c1-2-8(4-10(12)13)15-18(16,17)9-3-7(11)5-14-6-9/h3,5-6,8,15H,2,4H2,1H3,(H3,12,13). The molecule has 0 aliphatic carbocycles. The van der Waals surface area contributed by atoms with E-state index < -0.39 is 21.9 Å². The number of rotatable bonds is 6. The number of sulfonamides is 1. The summed E-state index contributed by atoms with van der Waals surface area (Å²) >= 11 is 0. The van der Waals surface area contributed by atoms with Crippen LogP contribution in [0, 0.1) is 11.2 Å². The van der Waals surface area contributed by atoms with Crippen LogP contribution in [0.2, 0.25) is 0 Å². The molecule has 1 aromatic rings. The van der Waals surface area contributed by atoms with E-state index in [1.807, 2.05) is 0 Å². The second-order valence-corrected chi connectivity index (χ2v) is 5.51. The average Bonchev–Trinajstić information content (AvgIpc) is 2.27. The number of nitrogens with one attached hydrogen (secondary N) is 2. The lowest BCUT2D eigenvalue weighted by atomic mass is 10.1. The lowest BCUT2D eigenvalue weighted by Gasteiger charge is -2.16. The SMILES string of the molecule is CCC(CC(=N)N)NS(=O)(=O)c1cncc(F)c1. The molecule has 0 spiro atoms. The molecule has 1 atom stereocenters. The van der Waals surface area contributed by atoms with E-state index >= 15 is 0 Å². The zero-order chi connectivity index (χ0) is 13.8. The molecule has 0 amide bonds. The molecule has 1 aromatic heterocycles. The summed E-state index contributed by atoms with van der Waals surface area (Å²) in [6.07, 6.45) is 2.57. The minimum Gasteiger partial charge on any atom is -0.388 e. The van der Waals surface area contributed by atoms with Gasteiger partial charge in [0.2, 0.25) is 10.0 Å². The van der Waals surface area contributed by atoms with Gasteiger partial charge in [0.05, 0.1) is 12.0 Å². The van der Waals surface area contributed by atoms with E-state index in [2.05, 4.69) is 9.71 Å². The molecule has 0 aromatic carbocycles. The zero-order valence-electron chi connectivity index (χ0n) is 9.85. The van der Waals surface area contributed by atoms with Gasteiger partial charge in [-0.25, -0.2) is 17.5 Å². The molecular formula is C10H15FN4O2S. The summed E-state index contributed by atoms with van der Waals surface area (Å²) in [7, 11) is -3.84. The lowest BCUT2D eigenvalue weighted by molar-refractivity contribution is 0.542. The molecule has 1 unspecified atom stereocenters. The summed E-state index contributed by atoms with van der Waals surface area (Å²) in [4.78, 5) is 3.24. The molecule has 0 saturated heterocycles. The van der Waals surface area contributed by atoms with Gasteiger partial charge in [0.1, 0.15) is 10.7 Å². The van der Waals surface area contributed by atoms with E-state index in [1.54, 1.807) is 6.92 Å². The Bertz CT molecular complexity index is 532. The molecule has 0 radical (unpaired) electrons. The first-order valence-corrected chi connectivity index (χ1v) is 6.79. The maximum atomic E-state index is 12.9. The van der Waals surface area contributed by atoms with Crippen LogP contribution in [0.1, 0.15) is 19.8 Å². The summed E-state index contributed by atoms with van der Waals surface area (Å²) in [6.45, 7) is 1.76. The van der Waals surface area contributed by atoms with E-state index in [0.29, 0.717) is 6.42 Å². The van der Waals surface area contributed by atoms with Crippen molar-refractivity contribution in [2.75, 3.05) is 0 Å². The lowest BCUT2D eigenvalue weighted by Crippen LogP contribution is -2.37. The van der Waals surface area contributed by atoms with Gasteiger partial charge in [-0.15, -0.1) is 0 Å². The molecule has 18 heavy (non-hydrogen) atoms. The Morgan fingerprint density at radius 2 is 2.28 bits per heavy atom. The molecule has 0 saturated carbocycles. The van der Waals surface area contributed by atoms with E-state index in [4.69, 9.17) is 11.1 Å². The Hall–Kier alpha value is -1.54. The Morgan fingerprint density at radius 1 is 1.61 bits per heavy atom. The van der Waals surface area contributed by atoms with Crippen LogP contribution in [0.4, 0.5) is 4.39 Å². The number of amidine groups is 1. The summed E-state index contributed by atoms with van der Waals surface area (Å²) in [5.74, 6) is -0.834. The number of nitrogens with two attached hydrogens (primary N) is 1. The predicted molar refractivity (Wildman–Crippen MR) is 65.1 cm³/mol. The topological polar surface area (TPSA) is 109 Å². The van der Waals surface area contributed by atoms with Crippen molar-refractivity contribution in [1.29, 1.82) is 5.41 Å². The van der Waals surface area contributed by atoms with Gasteiger partial charge in [-0.3, -0.25) is 10.4 Å². The highest BCUT2D eigenvalue weighted by molar-refractivity contribution is 7.89. The van der Waals surface area contributed by atoms with Crippen molar-refractivity contribution in [3.05, 3.63) is 24.3 Å². The summed E-state index contributed by atoms with van der Waals surface area (Å²) in [5, 5.41) is 7.15. The fraction of sp³-hybridized carbons (Fsp3) is 0.400. The molecule has 100 valence electrons. The smallest absolute Gasteiger partial charge is 0.242 e. The number of hydrogen-bond acceptors (Lipinski definition) is 4. The van der Waals surface area contributed by atoms with Crippen molar-refractivity contribution in [2.45, 2.75) is 30.7 Å². The van der Waals surface area contributed by atoms with Crippen molar-refractivity contribution in [3.8, 4) is 0 Å². The molecule has 0 aliphatic heterocycles. The number of aromatic nitrogens is 1. The molecular weight excluding hydrogens is 259 g/mol. The van der Waals surface area contributed by atoms with Crippen LogP contribution >= 0.6 is 0 Å². The van der Waals surface area contributed by atoms with E-state index in [-0.39, 0.29) is 17.2 Å². The van der Waals surface area contributed by atoms with Gasteiger partial charge in [0, 0.05) is 18.7 Å². The van der Waals surface area contributed by atoms with Crippen molar-refractivity contribution in [1.82, 2.24) is 9.71 Å². The fourth-order valence-electron chi connectivity index (χ4n) is 1.36. The fourth-order valence-corrected chi connectivity index (χ4v) is 2.65. The van der Waals surface area contributed by atoms with Crippen LogP contribution < -0.4 is 10.5 Å². The first-order valence-electron chi connectivity index (χ1n) is 5.31. The van der Waals surface area contributed by atoms with Crippen molar-refractivity contribution >= 4 is 15.9 Å². The van der Waals surface area contributed by atoms with Crippen molar-refractivity contribution in [3.63, 3.8) is 0 Å². The Morgan fingerprint density at radius 3 is 2.78 bits per heavy atom. The molecule has 1 rings (SSSR count). The predicted octanol–water partition coefficient (Wildman–Crippen LogP) is 0.604. The normalized spacial score (nSPS) is 13.2. The maximum Gasteiger partial charge on any atom is 0.242 e. The van der Waals surface area contributed by atoms with Gasteiger partial charge in [0.15, 0.2) is 0 Å².